The normalized spacial score (nSPS) is 10.9. The molecule has 0 amide bonds. The topological polar surface area (TPSA) is 41.1 Å². The third-order valence-electron chi connectivity index (χ3n) is 2.04. The molecule has 6 heteroatoms. The molecule has 0 aliphatic carbocycles. The summed E-state index contributed by atoms with van der Waals surface area (Å²) in [6.45, 7) is 4.22. The van der Waals surface area contributed by atoms with Crippen LogP contribution in [0.3, 0.4) is 0 Å². The lowest BCUT2D eigenvalue weighted by Crippen LogP contribution is -2.08. The lowest BCUT2D eigenvalue weighted by atomic mass is 10.4. The lowest BCUT2D eigenvalue weighted by molar-refractivity contribution is 0.897. The van der Waals surface area contributed by atoms with Gasteiger partial charge in [0.25, 0.3) is 0 Å². The molecule has 0 atom stereocenters. The Hall–Kier alpha value is -1.14. The number of hydrogen-bond donors (Lipinski definition) is 1. The molecule has 2 heterocycles. The molecule has 0 bridgehead atoms. The molecular weight excluding hydrogens is 252 g/mol. The Morgan fingerprint density at radius 2 is 2.12 bits per heavy atom. The van der Waals surface area contributed by atoms with Crippen LogP contribution in [0.5, 0.6) is 0 Å². The predicted octanol–water partition coefficient (Wildman–Crippen LogP) is 3.15. The molecule has 1 N–H and O–H groups in total. The Kier molecular flexibility index (Phi) is 3.63. The molecule has 2 rings (SSSR count). The highest BCUT2D eigenvalue weighted by Gasteiger charge is 2.09. The molecule has 92 valence electrons. The number of rotatable bonds is 4. The average molecular weight is 268 g/mol. The molecule has 0 saturated carbocycles. The highest BCUT2D eigenvalue weighted by Crippen LogP contribution is 2.32. The summed E-state index contributed by atoms with van der Waals surface area (Å²) in [6, 6.07) is 0.410. The van der Waals surface area contributed by atoms with E-state index >= 15 is 0 Å². The number of thiazole rings is 2. The number of nitrogens with zero attached hydrogens (tertiary/aromatic N) is 3. The summed E-state index contributed by atoms with van der Waals surface area (Å²) in [6.07, 6.45) is 1.88. The van der Waals surface area contributed by atoms with E-state index in [-0.39, 0.29) is 0 Å². The van der Waals surface area contributed by atoms with Crippen molar-refractivity contribution in [2.24, 2.45) is 0 Å². The van der Waals surface area contributed by atoms with Crippen molar-refractivity contribution in [3.05, 3.63) is 11.6 Å². The van der Waals surface area contributed by atoms with Gasteiger partial charge in [-0.15, -0.1) is 11.3 Å². The first-order valence-electron chi connectivity index (χ1n) is 5.42. The Morgan fingerprint density at radius 1 is 1.35 bits per heavy atom. The van der Waals surface area contributed by atoms with Gasteiger partial charge in [0.15, 0.2) is 10.3 Å². The first kappa shape index (κ1) is 12.3. The van der Waals surface area contributed by atoms with Crippen LogP contribution in [0.1, 0.15) is 13.8 Å². The molecule has 0 spiro atoms. The minimum absolute atomic E-state index is 0.410. The Balaban J connectivity index is 2.18. The molecule has 0 aromatic carbocycles. The van der Waals surface area contributed by atoms with Crippen LogP contribution in [-0.4, -0.2) is 30.1 Å². The van der Waals surface area contributed by atoms with Gasteiger partial charge in [-0.05, 0) is 13.8 Å². The number of aromatic nitrogens is 2. The Bertz CT molecular complexity index is 487. The van der Waals surface area contributed by atoms with Gasteiger partial charge in [-0.2, -0.15) is 0 Å². The second-order valence-electron chi connectivity index (χ2n) is 4.24. The van der Waals surface area contributed by atoms with E-state index in [2.05, 4.69) is 34.5 Å². The monoisotopic (exact) mass is 268 g/mol. The van der Waals surface area contributed by atoms with Gasteiger partial charge in [0.1, 0.15) is 0 Å². The van der Waals surface area contributed by atoms with Gasteiger partial charge >= 0.3 is 0 Å². The first-order valence-corrected chi connectivity index (χ1v) is 7.11. The van der Waals surface area contributed by atoms with Crippen LogP contribution in [0.4, 0.5) is 10.3 Å². The minimum atomic E-state index is 0.410. The summed E-state index contributed by atoms with van der Waals surface area (Å²) in [5.74, 6) is 0. The minimum Gasteiger partial charge on any atom is -0.359 e. The fourth-order valence-electron chi connectivity index (χ4n) is 1.29. The summed E-state index contributed by atoms with van der Waals surface area (Å²) in [4.78, 5) is 12.0. The quantitative estimate of drug-likeness (QED) is 0.925. The average Bonchev–Trinajstić information content (AvgIpc) is 2.83. The van der Waals surface area contributed by atoms with Crippen molar-refractivity contribution in [1.82, 2.24) is 9.97 Å². The SMILES string of the molecule is CC(C)Nc1nc(-c2cnc(N(C)C)s2)cs1. The van der Waals surface area contributed by atoms with E-state index < -0.39 is 0 Å². The maximum Gasteiger partial charge on any atom is 0.185 e. The van der Waals surface area contributed by atoms with Gasteiger partial charge in [0.05, 0.1) is 10.6 Å². The van der Waals surface area contributed by atoms with Crippen LogP contribution in [0.15, 0.2) is 11.6 Å². The maximum atomic E-state index is 4.55. The number of anilines is 2. The summed E-state index contributed by atoms with van der Waals surface area (Å²) < 4.78 is 0. The van der Waals surface area contributed by atoms with Crippen molar-refractivity contribution in [2.75, 3.05) is 24.3 Å². The molecule has 0 unspecified atom stereocenters. The van der Waals surface area contributed by atoms with Crippen LogP contribution in [0.2, 0.25) is 0 Å². The molecular formula is C11H16N4S2. The van der Waals surface area contributed by atoms with E-state index in [1.807, 2.05) is 25.2 Å². The molecule has 0 aliphatic heterocycles. The van der Waals surface area contributed by atoms with Crippen molar-refractivity contribution in [1.29, 1.82) is 0 Å². The zero-order valence-corrected chi connectivity index (χ0v) is 12.0. The van der Waals surface area contributed by atoms with Crippen molar-refractivity contribution in [3.8, 4) is 10.6 Å². The van der Waals surface area contributed by atoms with Crippen LogP contribution in [0.25, 0.3) is 10.6 Å². The van der Waals surface area contributed by atoms with Crippen molar-refractivity contribution >= 4 is 32.9 Å². The number of hydrogen-bond acceptors (Lipinski definition) is 6. The summed E-state index contributed by atoms with van der Waals surface area (Å²) in [5.41, 5.74) is 1.00. The maximum absolute atomic E-state index is 4.55. The second-order valence-corrected chi connectivity index (χ2v) is 6.11. The molecule has 4 nitrogen and oxygen atoms in total. The third kappa shape index (κ3) is 2.95. The molecule has 0 aliphatic rings. The van der Waals surface area contributed by atoms with Crippen molar-refractivity contribution in [3.63, 3.8) is 0 Å². The van der Waals surface area contributed by atoms with Gasteiger partial charge in [0, 0.05) is 31.7 Å². The molecule has 0 radical (unpaired) electrons. The van der Waals surface area contributed by atoms with Gasteiger partial charge in [-0.1, -0.05) is 11.3 Å². The zero-order chi connectivity index (χ0) is 12.4. The Morgan fingerprint density at radius 3 is 2.71 bits per heavy atom. The van der Waals surface area contributed by atoms with E-state index in [4.69, 9.17) is 0 Å². The molecule has 17 heavy (non-hydrogen) atoms. The molecule has 0 saturated heterocycles. The standard InChI is InChI=1S/C11H16N4S2/c1-7(2)13-10-14-8(6-16-10)9-5-12-11(17-9)15(3)4/h5-7H,1-4H3,(H,13,14). The van der Waals surface area contributed by atoms with Crippen LogP contribution in [0, 0.1) is 0 Å². The number of nitrogens with one attached hydrogen (secondary N) is 1. The predicted molar refractivity (Wildman–Crippen MR) is 76.3 cm³/mol. The molecule has 2 aromatic heterocycles. The van der Waals surface area contributed by atoms with Gasteiger partial charge in [-0.3, -0.25) is 0 Å². The highest BCUT2D eigenvalue weighted by atomic mass is 32.1. The van der Waals surface area contributed by atoms with E-state index in [9.17, 15) is 0 Å². The smallest absolute Gasteiger partial charge is 0.185 e. The van der Waals surface area contributed by atoms with Crippen LogP contribution >= 0.6 is 22.7 Å². The zero-order valence-electron chi connectivity index (χ0n) is 10.4. The van der Waals surface area contributed by atoms with Crippen molar-refractivity contribution in [2.45, 2.75) is 19.9 Å². The van der Waals surface area contributed by atoms with E-state index in [0.29, 0.717) is 6.04 Å². The van der Waals surface area contributed by atoms with E-state index in [1.54, 1.807) is 22.7 Å². The van der Waals surface area contributed by atoms with Gasteiger partial charge in [0.2, 0.25) is 0 Å². The van der Waals surface area contributed by atoms with Gasteiger partial charge in [-0.25, -0.2) is 9.97 Å². The highest BCUT2D eigenvalue weighted by molar-refractivity contribution is 7.19. The second kappa shape index (κ2) is 5.01. The van der Waals surface area contributed by atoms with Gasteiger partial charge < -0.3 is 10.2 Å². The summed E-state index contributed by atoms with van der Waals surface area (Å²) in [5, 5.41) is 7.35. The van der Waals surface area contributed by atoms with E-state index in [0.717, 1.165) is 20.8 Å². The molecule has 0 fully saturated rings. The fraction of sp³-hybridized carbons (Fsp3) is 0.455. The Labute approximate surface area is 109 Å². The van der Waals surface area contributed by atoms with E-state index in [1.165, 1.54) is 0 Å². The van der Waals surface area contributed by atoms with Crippen LogP contribution in [-0.2, 0) is 0 Å². The van der Waals surface area contributed by atoms with Crippen molar-refractivity contribution < 1.29 is 0 Å². The summed E-state index contributed by atoms with van der Waals surface area (Å²) >= 11 is 3.29. The largest absolute Gasteiger partial charge is 0.359 e. The lowest BCUT2D eigenvalue weighted by Gasteiger charge is -2.05. The fourth-order valence-corrected chi connectivity index (χ4v) is 3.02. The molecule has 2 aromatic rings. The third-order valence-corrected chi connectivity index (χ3v) is 4.01. The summed E-state index contributed by atoms with van der Waals surface area (Å²) in [7, 11) is 3.99. The first-order chi connectivity index (χ1) is 8.06. The van der Waals surface area contributed by atoms with Crippen LogP contribution < -0.4 is 10.2 Å².